The molecule has 1 aliphatic carbocycles. The highest BCUT2D eigenvalue weighted by Gasteiger charge is 2.18. The Morgan fingerprint density at radius 2 is 2.00 bits per heavy atom. The summed E-state index contributed by atoms with van der Waals surface area (Å²) in [6, 6.07) is 3.40. The lowest BCUT2D eigenvalue weighted by molar-refractivity contribution is 0.155. The van der Waals surface area contributed by atoms with Crippen LogP contribution < -0.4 is 5.32 Å². The molecule has 2 N–H and O–H groups in total. The number of aliphatic hydroxyl groups excluding tert-OH is 1. The molecule has 1 unspecified atom stereocenters. The number of aliphatic hydroxyl groups is 1. The van der Waals surface area contributed by atoms with E-state index in [0.29, 0.717) is 12.5 Å². The monoisotopic (exact) mass is 255 g/mol. The largest absolute Gasteiger partial charge is 0.391 e. The summed E-state index contributed by atoms with van der Waals surface area (Å²) in [7, 11) is 0. The van der Waals surface area contributed by atoms with Crippen LogP contribution in [0.2, 0.25) is 0 Å². The van der Waals surface area contributed by atoms with E-state index in [-0.39, 0.29) is 5.69 Å². The summed E-state index contributed by atoms with van der Waals surface area (Å²) in [5.74, 6) is -0.618. The second kappa shape index (κ2) is 6.14. The third-order valence-electron chi connectivity index (χ3n) is 3.54. The summed E-state index contributed by atoms with van der Waals surface area (Å²) < 4.78 is 26.0. The zero-order valence-electron chi connectivity index (χ0n) is 10.3. The maximum Gasteiger partial charge on any atom is 0.149 e. The SMILES string of the molecule is OC(CNc1ccc(F)cc1F)CC1CCCC1. The maximum absolute atomic E-state index is 13.3. The number of benzene rings is 1. The van der Waals surface area contributed by atoms with E-state index in [2.05, 4.69) is 5.32 Å². The van der Waals surface area contributed by atoms with Gasteiger partial charge in [-0.25, -0.2) is 8.78 Å². The first-order chi connectivity index (χ1) is 8.65. The molecule has 0 amide bonds. The third-order valence-corrected chi connectivity index (χ3v) is 3.54. The maximum atomic E-state index is 13.3. The molecule has 0 heterocycles. The Hall–Kier alpha value is -1.16. The highest BCUT2D eigenvalue weighted by molar-refractivity contribution is 5.44. The first kappa shape index (κ1) is 13.3. The van der Waals surface area contributed by atoms with E-state index < -0.39 is 17.7 Å². The number of hydrogen-bond acceptors (Lipinski definition) is 2. The predicted octanol–water partition coefficient (Wildman–Crippen LogP) is 3.32. The molecule has 1 aliphatic rings. The molecule has 1 aromatic carbocycles. The molecule has 1 aromatic rings. The molecule has 2 nitrogen and oxygen atoms in total. The van der Waals surface area contributed by atoms with Crippen LogP contribution in [0.5, 0.6) is 0 Å². The molecule has 1 fully saturated rings. The summed E-state index contributed by atoms with van der Waals surface area (Å²) in [6.45, 7) is 0.305. The van der Waals surface area contributed by atoms with Crippen molar-refractivity contribution in [2.24, 2.45) is 5.92 Å². The third kappa shape index (κ3) is 3.67. The number of rotatable bonds is 5. The Morgan fingerprint density at radius 1 is 1.28 bits per heavy atom. The van der Waals surface area contributed by atoms with Gasteiger partial charge in [-0.2, -0.15) is 0 Å². The second-order valence-electron chi connectivity index (χ2n) is 5.05. The fraction of sp³-hybridized carbons (Fsp3) is 0.571. The van der Waals surface area contributed by atoms with Crippen LogP contribution in [0.15, 0.2) is 18.2 Å². The van der Waals surface area contributed by atoms with Gasteiger partial charge in [-0.15, -0.1) is 0 Å². The van der Waals surface area contributed by atoms with Crippen LogP contribution in [0.3, 0.4) is 0 Å². The average Bonchev–Trinajstić information content (AvgIpc) is 2.80. The quantitative estimate of drug-likeness (QED) is 0.846. The first-order valence-corrected chi connectivity index (χ1v) is 6.52. The van der Waals surface area contributed by atoms with E-state index in [0.717, 1.165) is 12.5 Å². The van der Waals surface area contributed by atoms with Crippen molar-refractivity contribution in [3.05, 3.63) is 29.8 Å². The lowest BCUT2D eigenvalue weighted by Crippen LogP contribution is -2.22. The molecule has 0 spiro atoms. The van der Waals surface area contributed by atoms with Gasteiger partial charge in [-0.3, -0.25) is 0 Å². The van der Waals surface area contributed by atoms with E-state index in [1.54, 1.807) is 0 Å². The topological polar surface area (TPSA) is 32.3 Å². The predicted molar refractivity (Wildman–Crippen MR) is 67.4 cm³/mol. The molecule has 0 saturated heterocycles. The van der Waals surface area contributed by atoms with Crippen LogP contribution in [-0.2, 0) is 0 Å². The van der Waals surface area contributed by atoms with Crippen molar-refractivity contribution >= 4 is 5.69 Å². The summed E-state index contributed by atoms with van der Waals surface area (Å²) in [4.78, 5) is 0. The van der Waals surface area contributed by atoms with Gasteiger partial charge < -0.3 is 10.4 Å². The van der Waals surface area contributed by atoms with Gasteiger partial charge in [-0.05, 0) is 24.5 Å². The standard InChI is InChI=1S/C14H19F2NO/c15-11-5-6-14(13(16)8-11)17-9-12(18)7-10-3-1-2-4-10/h5-6,8,10,12,17-18H,1-4,7,9H2. The fourth-order valence-electron chi connectivity index (χ4n) is 2.57. The Balaban J connectivity index is 1.79. The lowest BCUT2D eigenvalue weighted by Gasteiger charge is -2.16. The summed E-state index contributed by atoms with van der Waals surface area (Å²) in [5.41, 5.74) is 0.238. The fourth-order valence-corrected chi connectivity index (χ4v) is 2.57. The minimum atomic E-state index is -0.622. The van der Waals surface area contributed by atoms with Crippen molar-refractivity contribution in [1.82, 2.24) is 0 Å². The van der Waals surface area contributed by atoms with Crippen LogP contribution in [0, 0.1) is 17.6 Å². The Labute approximate surface area is 106 Å². The van der Waals surface area contributed by atoms with Gasteiger partial charge >= 0.3 is 0 Å². The molecule has 1 atom stereocenters. The van der Waals surface area contributed by atoms with Crippen LogP contribution in [-0.4, -0.2) is 17.8 Å². The van der Waals surface area contributed by atoms with Crippen LogP contribution in [0.4, 0.5) is 14.5 Å². The van der Waals surface area contributed by atoms with Gasteiger partial charge in [0.2, 0.25) is 0 Å². The molecule has 2 rings (SSSR count). The van der Waals surface area contributed by atoms with Crippen molar-refractivity contribution in [2.45, 2.75) is 38.2 Å². The number of anilines is 1. The second-order valence-corrected chi connectivity index (χ2v) is 5.05. The van der Waals surface area contributed by atoms with Crippen molar-refractivity contribution in [3.63, 3.8) is 0 Å². The molecular weight excluding hydrogens is 236 g/mol. The molecular formula is C14H19F2NO. The molecule has 100 valence electrons. The highest BCUT2D eigenvalue weighted by Crippen LogP contribution is 2.28. The van der Waals surface area contributed by atoms with Gasteiger partial charge in [-0.1, -0.05) is 25.7 Å². The number of nitrogens with one attached hydrogen (secondary N) is 1. The summed E-state index contributed by atoms with van der Waals surface area (Å²) in [6.07, 6.45) is 5.15. The van der Waals surface area contributed by atoms with Gasteiger partial charge in [0.1, 0.15) is 11.6 Å². The van der Waals surface area contributed by atoms with Crippen molar-refractivity contribution in [3.8, 4) is 0 Å². The normalized spacial score (nSPS) is 17.9. The molecule has 1 saturated carbocycles. The van der Waals surface area contributed by atoms with E-state index in [9.17, 15) is 13.9 Å². The summed E-state index contributed by atoms with van der Waals surface area (Å²) in [5, 5.41) is 12.7. The molecule has 0 radical (unpaired) electrons. The molecule has 0 bridgehead atoms. The van der Waals surface area contributed by atoms with Crippen LogP contribution in [0.1, 0.15) is 32.1 Å². The first-order valence-electron chi connectivity index (χ1n) is 6.52. The van der Waals surface area contributed by atoms with Crippen molar-refractivity contribution < 1.29 is 13.9 Å². The van der Waals surface area contributed by atoms with Crippen molar-refractivity contribution in [2.75, 3.05) is 11.9 Å². The summed E-state index contributed by atoms with van der Waals surface area (Å²) >= 11 is 0. The Morgan fingerprint density at radius 3 is 2.67 bits per heavy atom. The van der Waals surface area contributed by atoms with E-state index >= 15 is 0 Å². The van der Waals surface area contributed by atoms with Crippen LogP contribution >= 0.6 is 0 Å². The minimum absolute atomic E-state index is 0.238. The average molecular weight is 255 g/mol. The van der Waals surface area contributed by atoms with E-state index in [4.69, 9.17) is 0 Å². The van der Waals surface area contributed by atoms with E-state index in [1.807, 2.05) is 0 Å². The zero-order valence-corrected chi connectivity index (χ0v) is 10.3. The van der Waals surface area contributed by atoms with Gasteiger partial charge in [0.25, 0.3) is 0 Å². The Kier molecular flexibility index (Phi) is 4.53. The molecule has 18 heavy (non-hydrogen) atoms. The van der Waals surface area contributed by atoms with Crippen LogP contribution in [0.25, 0.3) is 0 Å². The van der Waals surface area contributed by atoms with Crippen molar-refractivity contribution in [1.29, 1.82) is 0 Å². The highest BCUT2D eigenvalue weighted by atomic mass is 19.1. The number of hydrogen-bond donors (Lipinski definition) is 2. The number of halogens is 2. The zero-order chi connectivity index (χ0) is 13.0. The smallest absolute Gasteiger partial charge is 0.149 e. The van der Waals surface area contributed by atoms with Gasteiger partial charge in [0.15, 0.2) is 0 Å². The van der Waals surface area contributed by atoms with Gasteiger partial charge in [0.05, 0.1) is 11.8 Å². The Bertz CT molecular complexity index is 391. The molecule has 0 aliphatic heterocycles. The lowest BCUT2D eigenvalue weighted by atomic mass is 10.00. The minimum Gasteiger partial charge on any atom is -0.391 e. The molecule has 0 aromatic heterocycles. The molecule has 4 heteroatoms. The van der Waals surface area contributed by atoms with Gasteiger partial charge in [0, 0.05) is 12.6 Å². The van der Waals surface area contributed by atoms with E-state index in [1.165, 1.54) is 37.8 Å².